The van der Waals surface area contributed by atoms with Crippen LogP contribution >= 0.6 is 11.8 Å². The van der Waals surface area contributed by atoms with Gasteiger partial charge in [-0.2, -0.15) is 0 Å². The molecule has 1 aromatic carbocycles. The molecule has 2 aromatic heterocycles. The maximum Gasteiger partial charge on any atom is 0.233 e. The van der Waals surface area contributed by atoms with Gasteiger partial charge in [-0.1, -0.05) is 23.9 Å². The molecule has 26 heavy (non-hydrogen) atoms. The highest BCUT2D eigenvalue weighted by atomic mass is 32.2. The number of nitrogens with zero attached hydrogens (tertiary/aromatic N) is 3. The summed E-state index contributed by atoms with van der Waals surface area (Å²) in [4.78, 5) is 12.5. The minimum atomic E-state index is -0.370. The summed E-state index contributed by atoms with van der Waals surface area (Å²) in [5.41, 5.74) is 0.843. The maximum atomic E-state index is 13.0. The van der Waals surface area contributed by atoms with E-state index in [1.54, 1.807) is 42.0 Å². The number of hydrogen-bond donors (Lipinski definition) is 1. The van der Waals surface area contributed by atoms with E-state index in [0.29, 0.717) is 16.7 Å². The molecule has 136 valence electrons. The molecule has 0 bridgehead atoms. The Morgan fingerprint density at radius 3 is 2.62 bits per heavy atom. The van der Waals surface area contributed by atoms with Gasteiger partial charge >= 0.3 is 0 Å². The molecule has 0 spiro atoms. The maximum absolute atomic E-state index is 13.0. The molecule has 2 atom stereocenters. The summed E-state index contributed by atoms with van der Waals surface area (Å²) >= 11 is 1.31. The molecule has 6 nitrogen and oxygen atoms in total. The van der Waals surface area contributed by atoms with Crippen LogP contribution in [0.2, 0.25) is 0 Å². The number of thioether (sulfide) groups is 1. The zero-order valence-corrected chi connectivity index (χ0v) is 15.5. The van der Waals surface area contributed by atoms with Crippen LogP contribution in [0.4, 0.5) is 4.39 Å². The van der Waals surface area contributed by atoms with Crippen LogP contribution in [0.5, 0.6) is 0 Å². The molecule has 0 aliphatic rings. The zero-order valence-electron chi connectivity index (χ0n) is 14.6. The van der Waals surface area contributed by atoms with Crippen molar-refractivity contribution in [1.82, 2.24) is 20.1 Å². The quantitative estimate of drug-likeness (QED) is 0.668. The second kappa shape index (κ2) is 7.74. The molecule has 0 fully saturated rings. The first-order valence-corrected chi connectivity index (χ1v) is 8.99. The second-order valence-corrected chi connectivity index (χ2v) is 7.19. The van der Waals surface area contributed by atoms with Gasteiger partial charge in [-0.15, -0.1) is 10.2 Å². The number of aromatic nitrogens is 3. The number of furan rings is 1. The van der Waals surface area contributed by atoms with Crippen molar-refractivity contribution in [2.24, 2.45) is 7.05 Å². The van der Waals surface area contributed by atoms with Crippen molar-refractivity contribution in [1.29, 1.82) is 0 Å². The number of carbonyl (C=O) groups is 1. The van der Waals surface area contributed by atoms with Gasteiger partial charge in [0.05, 0.1) is 17.6 Å². The zero-order chi connectivity index (χ0) is 18.7. The predicted octanol–water partition coefficient (Wildman–Crippen LogP) is 3.57. The largest absolute Gasteiger partial charge is 0.461 e. The molecular formula is C18H19FN4O2S. The fourth-order valence-electron chi connectivity index (χ4n) is 2.42. The summed E-state index contributed by atoms with van der Waals surface area (Å²) in [6.45, 7) is 3.67. The van der Waals surface area contributed by atoms with Crippen molar-refractivity contribution in [3.8, 4) is 11.6 Å². The predicted molar refractivity (Wildman–Crippen MR) is 97.0 cm³/mol. The highest BCUT2D eigenvalue weighted by Crippen LogP contribution is 2.26. The number of halogens is 1. The van der Waals surface area contributed by atoms with Crippen LogP contribution in [0, 0.1) is 5.82 Å². The molecule has 8 heteroatoms. The molecule has 0 saturated heterocycles. The molecule has 3 aromatic rings. The van der Waals surface area contributed by atoms with Gasteiger partial charge in [0.1, 0.15) is 5.82 Å². The molecule has 0 unspecified atom stereocenters. The van der Waals surface area contributed by atoms with Gasteiger partial charge in [-0.25, -0.2) is 4.39 Å². The molecular weight excluding hydrogens is 355 g/mol. The summed E-state index contributed by atoms with van der Waals surface area (Å²) in [7, 11) is 1.83. The Hall–Kier alpha value is -2.61. The molecule has 0 saturated carbocycles. The molecule has 0 aliphatic heterocycles. The average Bonchev–Trinajstić information content (AvgIpc) is 3.26. The van der Waals surface area contributed by atoms with E-state index in [4.69, 9.17) is 4.42 Å². The number of nitrogens with one attached hydrogen (secondary N) is 1. The van der Waals surface area contributed by atoms with Crippen molar-refractivity contribution in [3.05, 3.63) is 54.0 Å². The Kier molecular flexibility index (Phi) is 5.41. The van der Waals surface area contributed by atoms with E-state index in [9.17, 15) is 9.18 Å². The van der Waals surface area contributed by atoms with Crippen LogP contribution in [0.1, 0.15) is 25.5 Å². The van der Waals surface area contributed by atoms with E-state index >= 15 is 0 Å². The number of carbonyl (C=O) groups excluding carboxylic acids is 1. The number of amides is 1. The fraction of sp³-hybridized carbons (Fsp3) is 0.278. The Morgan fingerprint density at radius 1 is 1.23 bits per heavy atom. The van der Waals surface area contributed by atoms with Gasteiger partial charge in [0, 0.05) is 7.05 Å². The van der Waals surface area contributed by atoms with Crippen molar-refractivity contribution in [2.75, 3.05) is 0 Å². The second-order valence-electron chi connectivity index (χ2n) is 5.88. The van der Waals surface area contributed by atoms with E-state index in [0.717, 1.165) is 5.56 Å². The topological polar surface area (TPSA) is 73.0 Å². The molecule has 1 N–H and O–H groups in total. The summed E-state index contributed by atoms with van der Waals surface area (Å²) in [5, 5.41) is 11.4. The molecule has 0 aliphatic carbocycles. The van der Waals surface area contributed by atoms with E-state index in [2.05, 4.69) is 15.5 Å². The Morgan fingerprint density at radius 2 is 1.96 bits per heavy atom. The summed E-state index contributed by atoms with van der Waals surface area (Å²) < 4.78 is 20.1. The van der Waals surface area contributed by atoms with Gasteiger partial charge in [-0.05, 0) is 43.7 Å². The van der Waals surface area contributed by atoms with E-state index in [1.165, 1.54) is 23.9 Å². The lowest BCUT2D eigenvalue weighted by Crippen LogP contribution is -2.33. The van der Waals surface area contributed by atoms with Crippen LogP contribution in [-0.4, -0.2) is 25.9 Å². The SMILES string of the molecule is C[C@@H](Sc1nnc(-c2ccco2)n1C)C(=O)N[C@H](C)c1ccc(F)cc1. The third-order valence-corrected chi connectivity index (χ3v) is 5.09. The van der Waals surface area contributed by atoms with Crippen molar-refractivity contribution in [2.45, 2.75) is 30.3 Å². The Balaban J connectivity index is 1.63. The normalized spacial score (nSPS) is 13.4. The van der Waals surface area contributed by atoms with Gasteiger partial charge in [-0.3, -0.25) is 4.79 Å². The highest BCUT2D eigenvalue weighted by Gasteiger charge is 2.21. The molecule has 2 heterocycles. The number of benzene rings is 1. The lowest BCUT2D eigenvalue weighted by Gasteiger charge is -2.17. The highest BCUT2D eigenvalue weighted by molar-refractivity contribution is 8.00. The minimum absolute atomic E-state index is 0.130. The Bertz CT molecular complexity index is 877. The third kappa shape index (κ3) is 3.96. The summed E-state index contributed by atoms with van der Waals surface area (Å²) in [6.07, 6.45) is 1.57. The minimum Gasteiger partial charge on any atom is -0.461 e. The molecule has 0 radical (unpaired) electrons. The number of rotatable bonds is 6. The smallest absolute Gasteiger partial charge is 0.233 e. The van der Waals surface area contributed by atoms with E-state index < -0.39 is 0 Å². The van der Waals surface area contributed by atoms with Gasteiger partial charge in [0.15, 0.2) is 16.7 Å². The van der Waals surface area contributed by atoms with Crippen molar-refractivity contribution >= 4 is 17.7 Å². The molecule has 3 rings (SSSR count). The van der Waals surface area contributed by atoms with Gasteiger partial charge in [0.2, 0.25) is 5.91 Å². The van der Waals surface area contributed by atoms with Crippen LogP contribution in [-0.2, 0) is 11.8 Å². The van der Waals surface area contributed by atoms with Gasteiger partial charge < -0.3 is 14.3 Å². The Labute approximate surface area is 154 Å². The molecule has 1 amide bonds. The van der Waals surface area contributed by atoms with Crippen LogP contribution in [0.3, 0.4) is 0 Å². The third-order valence-electron chi connectivity index (χ3n) is 3.96. The van der Waals surface area contributed by atoms with E-state index in [-0.39, 0.29) is 23.0 Å². The van der Waals surface area contributed by atoms with Crippen molar-refractivity contribution in [3.63, 3.8) is 0 Å². The standard InChI is InChI=1S/C18H19FN4O2S/c1-11(13-6-8-14(19)9-7-13)20-17(24)12(2)26-18-22-21-16(23(18)3)15-5-4-10-25-15/h4-12H,1-3H3,(H,20,24)/t11-,12-/m1/s1. The fourth-order valence-corrected chi connectivity index (χ4v) is 3.24. The summed E-state index contributed by atoms with van der Waals surface area (Å²) in [5.74, 6) is 0.791. The van der Waals surface area contributed by atoms with Gasteiger partial charge in [0.25, 0.3) is 0 Å². The van der Waals surface area contributed by atoms with Crippen LogP contribution < -0.4 is 5.32 Å². The monoisotopic (exact) mass is 374 g/mol. The lowest BCUT2D eigenvalue weighted by atomic mass is 10.1. The van der Waals surface area contributed by atoms with E-state index in [1.807, 2.05) is 14.0 Å². The number of hydrogen-bond acceptors (Lipinski definition) is 5. The first kappa shape index (κ1) is 18.2. The average molecular weight is 374 g/mol. The first-order chi connectivity index (χ1) is 12.5. The van der Waals surface area contributed by atoms with Crippen molar-refractivity contribution < 1.29 is 13.6 Å². The first-order valence-electron chi connectivity index (χ1n) is 8.11. The van der Waals surface area contributed by atoms with Crippen LogP contribution in [0.25, 0.3) is 11.6 Å². The lowest BCUT2D eigenvalue weighted by molar-refractivity contribution is -0.120. The van der Waals surface area contributed by atoms with Crippen LogP contribution in [0.15, 0.2) is 52.2 Å². The summed E-state index contributed by atoms with van der Waals surface area (Å²) in [6, 6.07) is 9.46.